The van der Waals surface area contributed by atoms with E-state index in [1.807, 2.05) is 19.1 Å². The first-order chi connectivity index (χ1) is 11.3. The van der Waals surface area contributed by atoms with Gasteiger partial charge in [0.05, 0.1) is 12.1 Å². The maximum atomic E-state index is 12.4. The average Bonchev–Trinajstić information content (AvgIpc) is 2.51. The van der Waals surface area contributed by atoms with Crippen LogP contribution >= 0.6 is 43.5 Å². The lowest BCUT2D eigenvalue weighted by atomic mass is 10.2. The zero-order valence-corrected chi connectivity index (χ0v) is 16.9. The van der Waals surface area contributed by atoms with Crippen molar-refractivity contribution >= 4 is 61.0 Å². The number of anilines is 1. The van der Waals surface area contributed by atoms with Gasteiger partial charge in [-0.05, 0) is 52.7 Å². The van der Waals surface area contributed by atoms with Gasteiger partial charge in [-0.3, -0.25) is 9.59 Å². The van der Waals surface area contributed by atoms with Crippen molar-refractivity contribution in [1.82, 2.24) is 9.88 Å². The van der Waals surface area contributed by atoms with Crippen LogP contribution in [0.15, 0.2) is 39.4 Å². The van der Waals surface area contributed by atoms with E-state index in [2.05, 4.69) is 42.2 Å². The summed E-state index contributed by atoms with van der Waals surface area (Å²) < 4.78 is 1.57. The predicted octanol–water partition coefficient (Wildman–Crippen LogP) is 4.28. The van der Waals surface area contributed by atoms with Gasteiger partial charge in [-0.25, -0.2) is 4.98 Å². The molecular weight excluding hydrogens is 461 g/mol. The van der Waals surface area contributed by atoms with E-state index < -0.39 is 0 Å². The molecule has 0 unspecified atom stereocenters. The molecular formula is C16H14Br2ClN3O2. The molecule has 8 heteroatoms. The van der Waals surface area contributed by atoms with E-state index in [4.69, 9.17) is 11.6 Å². The van der Waals surface area contributed by atoms with Crippen molar-refractivity contribution in [3.05, 3.63) is 55.7 Å². The zero-order chi connectivity index (χ0) is 17.9. The molecule has 1 aromatic heterocycles. The fraction of sp³-hybridized carbons (Fsp3) is 0.188. The van der Waals surface area contributed by atoms with Crippen molar-refractivity contribution < 1.29 is 9.59 Å². The third-order valence-corrected chi connectivity index (χ3v) is 4.45. The molecule has 0 aliphatic rings. The number of amides is 2. The summed E-state index contributed by atoms with van der Waals surface area (Å²) in [5.74, 6) is -0.674. The smallest absolute Gasteiger partial charge is 0.257 e. The molecule has 0 saturated heterocycles. The van der Waals surface area contributed by atoms with Crippen molar-refractivity contribution in [2.75, 3.05) is 18.9 Å². The molecule has 2 amide bonds. The fourth-order valence-electron chi connectivity index (χ4n) is 2.02. The minimum Gasteiger partial charge on any atom is -0.332 e. The van der Waals surface area contributed by atoms with Crippen molar-refractivity contribution in [2.24, 2.45) is 0 Å². The average molecular weight is 476 g/mol. The molecule has 24 heavy (non-hydrogen) atoms. The van der Waals surface area contributed by atoms with Gasteiger partial charge >= 0.3 is 0 Å². The monoisotopic (exact) mass is 473 g/mol. The maximum absolute atomic E-state index is 12.4. The van der Waals surface area contributed by atoms with Crippen LogP contribution < -0.4 is 5.32 Å². The number of hydrogen-bond donors (Lipinski definition) is 1. The van der Waals surface area contributed by atoms with Gasteiger partial charge < -0.3 is 10.2 Å². The van der Waals surface area contributed by atoms with Crippen LogP contribution in [0.2, 0.25) is 5.15 Å². The number of carbonyl (C=O) groups excluding carboxylic acids is 2. The van der Waals surface area contributed by atoms with Crippen molar-refractivity contribution in [3.8, 4) is 0 Å². The van der Waals surface area contributed by atoms with Gasteiger partial charge in [0.1, 0.15) is 5.15 Å². The molecule has 0 radical (unpaired) electrons. The highest BCUT2D eigenvalue weighted by atomic mass is 79.9. The van der Waals surface area contributed by atoms with E-state index in [1.54, 1.807) is 12.1 Å². The number of carbonyl (C=O) groups is 2. The number of nitrogens with one attached hydrogen (secondary N) is 1. The molecule has 0 saturated carbocycles. The highest BCUT2D eigenvalue weighted by Gasteiger charge is 2.19. The summed E-state index contributed by atoms with van der Waals surface area (Å²) >= 11 is 12.6. The lowest BCUT2D eigenvalue weighted by molar-refractivity contribution is -0.116. The summed E-state index contributed by atoms with van der Waals surface area (Å²) in [4.78, 5) is 29.8. The van der Waals surface area contributed by atoms with E-state index in [0.717, 1.165) is 10.0 Å². The maximum Gasteiger partial charge on any atom is 0.257 e. The summed E-state index contributed by atoms with van der Waals surface area (Å²) in [5, 5.41) is 2.89. The first kappa shape index (κ1) is 18.9. The molecule has 0 bridgehead atoms. The van der Waals surface area contributed by atoms with Gasteiger partial charge in [0.15, 0.2) is 0 Å². The number of benzene rings is 1. The molecule has 0 fully saturated rings. The Bertz CT molecular complexity index is 799. The Morgan fingerprint density at radius 1 is 1.25 bits per heavy atom. The molecule has 5 nitrogen and oxygen atoms in total. The number of pyridine rings is 1. The van der Waals surface area contributed by atoms with E-state index in [-0.39, 0.29) is 29.1 Å². The second kappa shape index (κ2) is 8.09. The molecule has 2 aromatic rings. The lowest BCUT2D eigenvalue weighted by Gasteiger charge is -2.18. The standard InChI is InChI=1S/C16H14Br2ClN3O2/c1-9-5-10(17)3-4-13(9)21-14(23)8-22(2)16(24)12-6-11(18)7-20-15(12)19/h3-7H,8H2,1-2H3,(H,21,23). The van der Waals surface area contributed by atoms with Crippen LogP contribution in [0.4, 0.5) is 5.69 Å². The third-order valence-electron chi connectivity index (χ3n) is 3.23. The Morgan fingerprint density at radius 2 is 1.96 bits per heavy atom. The van der Waals surface area contributed by atoms with Crippen LogP contribution in [0.3, 0.4) is 0 Å². The molecule has 1 heterocycles. The van der Waals surface area contributed by atoms with Crippen LogP contribution in [0.1, 0.15) is 15.9 Å². The third kappa shape index (κ3) is 4.78. The SMILES string of the molecule is Cc1cc(Br)ccc1NC(=O)CN(C)C(=O)c1cc(Br)cnc1Cl. The van der Waals surface area contributed by atoms with Crippen molar-refractivity contribution in [2.45, 2.75) is 6.92 Å². The van der Waals surface area contributed by atoms with Crippen LogP contribution in [0, 0.1) is 6.92 Å². The Balaban J connectivity index is 2.05. The second-order valence-electron chi connectivity index (χ2n) is 5.16. The molecule has 2 rings (SSSR count). The van der Waals surface area contributed by atoms with E-state index in [9.17, 15) is 9.59 Å². The van der Waals surface area contributed by atoms with Crippen molar-refractivity contribution in [3.63, 3.8) is 0 Å². The second-order valence-corrected chi connectivity index (χ2v) is 7.35. The number of rotatable bonds is 4. The van der Waals surface area contributed by atoms with Crippen molar-refractivity contribution in [1.29, 1.82) is 0 Å². The zero-order valence-electron chi connectivity index (χ0n) is 12.9. The summed E-state index contributed by atoms with van der Waals surface area (Å²) in [6, 6.07) is 7.11. The Kier molecular flexibility index (Phi) is 6.37. The van der Waals surface area contributed by atoms with Gasteiger partial charge in [0.2, 0.25) is 5.91 Å². The minimum atomic E-state index is -0.378. The Morgan fingerprint density at radius 3 is 2.62 bits per heavy atom. The molecule has 1 N–H and O–H groups in total. The number of aryl methyl sites for hydroxylation is 1. The summed E-state index contributed by atoms with van der Waals surface area (Å²) in [7, 11) is 1.54. The Labute approximate surface area is 161 Å². The fourth-order valence-corrected chi connectivity index (χ4v) is 3.01. The number of halogens is 3. The minimum absolute atomic E-state index is 0.0965. The number of aromatic nitrogens is 1. The molecule has 126 valence electrons. The van der Waals surface area contributed by atoms with Crippen LogP contribution in [-0.4, -0.2) is 35.3 Å². The number of likely N-dealkylation sites (N-methyl/N-ethyl adjacent to an activating group) is 1. The normalized spacial score (nSPS) is 10.4. The summed E-state index contributed by atoms with van der Waals surface area (Å²) in [5.41, 5.74) is 1.86. The van der Waals surface area contributed by atoms with E-state index in [0.29, 0.717) is 10.2 Å². The number of hydrogen-bond acceptors (Lipinski definition) is 3. The highest BCUT2D eigenvalue weighted by Crippen LogP contribution is 2.21. The number of nitrogens with zero attached hydrogens (tertiary/aromatic N) is 2. The van der Waals surface area contributed by atoms with E-state index >= 15 is 0 Å². The van der Waals surface area contributed by atoms with Gasteiger partial charge in [0, 0.05) is 27.9 Å². The van der Waals surface area contributed by atoms with Crippen LogP contribution in [0.25, 0.3) is 0 Å². The highest BCUT2D eigenvalue weighted by molar-refractivity contribution is 9.10. The molecule has 0 aliphatic heterocycles. The molecule has 1 aromatic carbocycles. The van der Waals surface area contributed by atoms with Gasteiger partial charge in [-0.1, -0.05) is 27.5 Å². The van der Waals surface area contributed by atoms with Gasteiger partial charge in [-0.15, -0.1) is 0 Å². The lowest BCUT2D eigenvalue weighted by Crippen LogP contribution is -2.35. The van der Waals surface area contributed by atoms with Crippen LogP contribution in [0.5, 0.6) is 0 Å². The van der Waals surface area contributed by atoms with Crippen LogP contribution in [-0.2, 0) is 4.79 Å². The first-order valence-corrected chi connectivity index (χ1v) is 8.87. The topological polar surface area (TPSA) is 62.3 Å². The van der Waals surface area contributed by atoms with Gasteiger partial charge in [-0.2, -0.15) is 0 Å². The van der Waals surface area contributed by atoms with Gasteiger partial charge in [0.25, 0.3) is 5.91 Å². The first-order valence-electron chi connectivity index (χ1n) is 6.90. The quantitative estimate of drug-likeness (QED) is 0.672. The largest absolute Gasteiger partial charge is 0.332 e. The Hall–Kier alpha value is -1.44. The summed E-state index contributed by atoms with van der Waals surface area (Å²) in [6.07, 6.45) is 1.50. The predicted molar refractivity (Wildman–Crippen MR) is 101 cm³/mol. The molecule has 0 aliphatic carbocycles. The molecule has 0 spiro atoms. The molecule has 0 atom stereocenters. The summed E-state index contributed by atoms with van der Waals surface area (Å²) in [6.45, 7) is 1.79. The van der Waals surface area contributed by atoms with E-state index in [1.165, 1.54) is 18.1 Å².